The first kappa shape index (κ1) is 19.9. The smallest absolute Gasteiger partial charge is 0.248 e. The van der Waals surface area contributed by atoms with E-state index in [4.69, 9.17) is 5.73 Å². The van der Waals surface area contributed by atoms with E-state index >= 15 is 0 Å². The van der Waals surface area contributed by atoms with E-state index in [0.29, 0.717) is 29.0 Å². The van der Waals surface area contributed by atoms with Crippen LogP contribution in [0.5, 0.6) is 0 Å². The standard InChI is InChI=1S/C23H31N3O3/c1-13(2)19(21(28)25-18-5-3-17(4-6-18)20(24)27)26-22(29)23-10-14-7-15(11-23)9-16(8-14)12-23/h3-6,13-16,19H,7-12H2,1-2H3,(H2,24,27)(H,25,28)(H,26,29). The summed E-state index contributed by atoms with van der Waals surface area (Å²) in [5, 5.41) is 5.96. The Morgan fingerprint density at radius 3 is 1.93 bits per heavy atom. The average molecular weight is 398 g/mol. The Kier molecular flexibility index (Phi) is 5.13. The second-order valence-corrected chi connectivity index (χ2v) is 9.82. The minimum atomic E-state index is -0.591. The van der Waals surface area contributed by atoms with Gasteiger partial charge in [-0.05, 0) is 86.5 Å². The van der Waals surface area contributed by atoms with Crippen molar-refractivity contribution in [1.82, 2.24) is 5.32 Å². The Labute approximate surface area is 172 Å². The zero-order chi connectivity index (χ0) is 20.8. The number of carbonyl (C=O) groups excluding carboxylic acids is 3. The molecule has 0 spiro atoms. The number of nitrogens with one attached hydrogen (secondary N) is 2. The molecule has 156 valence electrons. The van der Waals surface area contributed by atoms with Crippen LogP contribution in [0.25, 0.3) is 0 Å². The summed E-state index contributed by atoms with van der Waals surface area (Å²) in [6.07, 6.45) is 6.77. The number of benzene rings is 1. The fraction of sp³-hybridized carbons (Fsp3) is 0.609. The van der Waals surface area contributed by atoms with Crippen molar-refractivity contribution in [3.8, 4) is 0 Å². The van der Waals surface area contributed by atoms with Gasteiger partial charge in [0.2, 0.25) is 17.7 Å². The molecule has 1 aromatic carbocycles. The van der Waals surface area contributed by atoms with Crippen LogP contribution in [0.2, 0.25) is 0 Å². The Bertz CT molecular complexity index is 780. The van der Waals surface area contributed by atoms with E-state index in [1.807, 2.05) is 13.8 Å². The third-order valence-electron chi connectivity index (χ3n) is 7.19. The number of hydrogen-bond donors (Lipinski definition) is 3. The summed E-state index contributed by atoms with van der Waals surface area (Å²) in [7, 11) is 0. The largest absolute Gasteiger partial charge is 0.366 e. The second kappa shape index (κ2) is 7.47. The summed E-state index contributed by atoms with van der Waals surface area (Å²) in [6.45, 7) is 3.89. The minimum absolute atomic E-state index is 0.0299. The monoisotopic (exact) mass is 397 g/mol. The summed E-state index contributed by atoms with van der Waals surface area (Å²) in [5.74, 6) is 1.34. The first-order valence-corrected chi connectivity index (χ1v) is 10.8. The SMILES string of the molecule is CC(C)C(NC(=O)C12CC3CC(CC(C3)C1)C2)C(=O)Nc1ccc(C(N)=O)cc1. The molecule has 6 heteroatoms. The van der Waals surface area contributed by atoms with E-state index in [0.717, 1.165) is 19.3 Å². The van der Waals surface area contributed by atoms with Crippen molar-refractivity contribution in [1.29, 1.82) is 0 Å². The molecule has 4 bridgehead atoms. The van der Waals surface area contributed by atoms with Gasteiger partial charge in [-0.1, -0.05) is 13.8 Å². The lowest BCUT2D eigenvalue weighted by atomic mass is 9.49. The van der Waals surface area contributed by atoms with Gasteiger partial charge in [-0.3, -0.25) is 14.4 Å². The van der Waals surface area contributed by atoms with Crippen LogP contribution in [0.15, 0.2) is 24.3 Å². The highest BCUT2D eigenvalue weighted by Crippen LogP contribution is 2.60. The number of nitrogens with two attached hydrogens (primary N) is 1. The normalized spacial score (nSPS) is 30.8. The van der Waals surface area contributed by atoms with Crippen LogP contribution in [0, 0.1) is 29.1 Å². The van der Waals surface area contributed by atoms with Gasteiger partial charge in [-0.25, -0.2) is 0 Å². The number of anilines is 1. The van der Waals surface area contributed by atoms with Crippen LogP contribution < -0.4 is 16.4 Å². The van der Waals surface area contributed by atoms with Gasteiger partial charge < -0.3 is 16.4 Å². The minimum Gasteiger partial charge on any atom is -0.366 e. The molecule has 1 aromatic rings. The first-order chi connectivity index (χ1) is 13.8. The fourth-order valence-corrected chi connectivity index (χ4v) is 6.16. The van der Waals surface area contributed by atoms with Crippen LogP contribution in [0.1, 0.15) is 62.7 Å². The van der Waals surface area contributed by atoms with Crippen molar-refractivity contribution < 1.29 is 14.4 Å². The molecule has 1 atom stereocenters. The van der Waals surface area contributed by atoms with Crippen molar-refractivity contribution in [3.63, 3.8) is 0 Å². The topological polar surface area (TPSA) is 101 Å². The van der Waals surface area contributed by atoms with Crippen molar-refractivity contribution in [2.24, 2.45) is 34.8 Å². The van der Waals surface area contributed by atoms with E-state index in [2.05, 4.69) is 10.6 Å². The third kappa shape index (κ3) is 3.89. The van der Waals surface area contributed by atoms with Gasteiger partial charge in [-0.15, -0.1) is 0 Å². The van der Waals surface area contributed by atoms with E-state index in [-0.39, 0.29) is 23.1 Å². The summed E-state index contributed by atoms with van der Waals surface area (Å²) in [4.78, 5) is 37.5. The van der Waals surface area contributed by atoms with Crippen molar-refractivity contribution in [3.05, 3.63) is 29.8 Å². The van der Waals surface area contributed by atoms with Gasteiger partial charge >= 0.3 is 0 Å². The van der Waals surface area contributed by atoms with Crippen LogP contribution in [0.4, 0.5) is 5.69 Å². The number of amides is 3. The van der Waals surface area contributed by atoms with Crippen LogP contribution in [-0.2, 0) is 9.59 Å². The molecule has 0 aliphatic heterocycles. The Morgan fingerprint density at radius 1 is 0.966 bits per heavy atom. The Hall–Kier alpha value is -2.37. The Morgan fingerprint density at radius 2 is 1.48 bits per heavy atom. The molecule has 4 aliphatic rings. The van der Waals surface area contributed by atoms with Crippen LogP contribution in [-0.4, -0.2) is 23.8 Å². The molecular formula is C23H31N3O3. The summed E-state index contributed by atoms with van der Waals surface area (Å²) in [5.41, 5.74) is 5.95. The predicted octanol–water partition coefficient (Wildman–Crippen LogP) is 3.08. The molecule has 0 heterocycles. The molecule has 4 fully saturated rings. The predicted molar refractivity (Wildman–Crippen MR) is 111 cm³/mol. The fourth-order valence-electron chi connectivity index (χ4n) is 6.16. The van der Waals surface area contributed by atoms with Crippen molar-refractivity contribution in [2.45, 2.75) is 58.4 Å². The quantitative estimate of drug-likeness (QED) is 0.687. The Balaban J connectivity index is 1.44. The number of carbonyl (C=O) groups is 3. The van der Waals surface area contributed by atoms with Crippen LogP contribution in [0.3, 0.4) is 0 Å². The highest BCUT2D eigenvalue weighted by molar-refractivity contribution is 5.99. The lowest BCUT2D eigenvalue weighted by Crippen LogP contribution is -2.57. The molecule has 29 heavy (non-hydrogen) atoms. The maximum absolute atomic E-state index is 13.3. The van der Waals surface area contributed by atoms with E-state index in [1.165, 1.54) is 19.3 Å². The number of hydrogen-bond acceptors (Lipinski definition) is 3. The number of rotatable bonds is 6. The lowest BCUT2D eigenvalue weighted by Gasteiger charge is -2.55. The first-order valence-electron chi connectivity index (χ1n) is 10.8. The highest BCUT2D eigenvalue weighted by atomic mass is 16.2. The van der Waals surface area contributed by atoms with E-state index in [9.17, 15) is 14.4 Å². The molecule has 3 amide bonds. The highest BCUT2D eigenvalue weighted by Gasteiger charge is 2.55. The molecule has 0 aromatic heterocycles. The summed E-state index contributed by atoms with van der Waals surface area (Å²) < 4.78 is 0. The molecule has 4 N–H and O–H groups in total. The zero-order valence-corrected chi connectivity index (χ0v) is 17.2. The molecule has 1 unspecified atom stereocenters. The number of primary amides is 1. The van der Waals surface area contributed by atoms with Crippen molar-refractivity contribution in [2.75, 3.05) is 5.32 Å². The molecule has 4 aliphatic carbocycles. The van der Waals surface area contributed by atoms with Gasteiger partial charge in [0.25, 0.3) is 0 Å². The van der Waals surface area contributed by atoms with Gasteiger partial charge in [0.15, 0.2) is 0 Å². The second-order valence-electron chi connectivity index (χ2n) is 9.82. The van der Waals surface area contributed by atoms with Gasteiger partial charge in [-0.2, -0.15) is 0 Å². The lowest BCUT2D eigenvalue weighted by molar-refractivity contribution is -0.148. The zero-order valence-electron chi connectivity index (χ0n) is 17.2. The average Bonchev–Trinajstić information content (AvgIpc) is 2.64. The van der Waals surface area contributed by atoms with Crippen LogP contribution >= 0.6 is 0 Å². The maximum Gasteiger partial charge on any atom is 0.248 e. The van der Waals surface area contributed by atoms with Gasteiger partial charge in [0.05, 0.1) is 0 Å². The van der Waals surface area contributed by atoms with Crippen molar-refractivity contribution >= 4 is 23.4 Å². The maximum atomic E-state index is 13.3. The molecule has 0 saturated heterocycles. The molecule has 4 saturated carbocycles. The van der Waals surface area contributed by atoms with E-state index in [1.54, 1.807) is 24.3 Å². The molecule has 5 rings (SSSR count). The molecular weight excluding hydrogens is 366 g/mol. The molecule has 6 nitrogen and oxygen atoms in total. The summed E-state index contributed by atoms with van der Waals surface area (Å²) >= 11 is 0. The summed E-state index contributed by atoms with van der Waals surface area (Å²) in [6, 6.07) is 5.87. The molecule has 0 radical (unpaired) electrons. The van der Waals surface area contributed by atoms with Gasteiger partial charge in [0.1, 0.15) is 6.04 Å². The van der Waals surface area contributed by atoms with E-state index < -0.39 is 11.9 Å². The third-order valence-corrected chi connectivity index (χ3v) is 7.19. The van der Waals surface area contributed by atoms with Gasteiger partial charge in [0, 0.05) is 16.7 Å².